The average molecular weight is 245 g/mol. The third-order valence-corrected chi connectivity index (χ3v) is 2.29. The molecule has 0 aliphatic rings. The molecule has 2 aromatic rings. The van der Waals surface area contributed by atoms with Gasteiger partial charge in [-0.3, -0.25) is 14.8 Å². The normalized spacial score (nSPS) is 11.4. The van der Waals surface area contributed by atoms with E-state index in [2.05, 4.69) is 20.4 Å². The minimum atomic E-state index is -0.325. The topological polar surface area (TPSA) is 113 Å². The molecule has 7 nitrogen and oxygen atoms in total. The zero-order chi connectivity index (χ0) is 13.0. The molecule has 1 aromatic heterocycles. The third kappa shape index (κ3) is 2.51. The van der Waals surface area contributed by atoms with Crippen LogP contribution in [0.2, 0.25) is 0 Å². The molecule has 7 heteroatoms. The molecule has 0 bridgehead atoms. The van der Waals surface area contributed by atoms with Crippen molar-refractivity contribution in [3.63, 3.8) is 0 Å². The lowest BCUT2D eigenvalue weighted by Crippen LogP contribution is -2.33. The van der Waals surface area contributed by atoms with E-state index >= 15 is 0 Å². The van der Waals surface area contributed by atoms with Gasteiger partial charge in [0.1, 0.15) is 0 Å². The molecule has 18 heavy (non-hydrogen) atoms. The minimum Gasteiger partial charge on any atom is -0.409 e. The van der Waals surface area contributed by atoms with Crippen molar-refractivity contribution in [1.82, 2.24) is 15.3 Å². The second kappa shape index (κ2) is 5.09. The number of nitrogens with two attached hydrogens (primary N) is 1. The number of fused-ring (bicyclic) bond motifs is 1. The Morgan fingerprint density at radius 2 is 2.06 bits per heavy atom. The fourth-order valence-corrected chi connectivity index (χ4v) is 1.41. The average Bonchev–Trinajstić information content (AvgIpc) is 2.43. The number of nitrogens with one attached hydrogen (secondary N) is 1. The fourth-order valence-electron chi connectivity index (χ4n) is 1.41. The van der Waals surface area contributed by atoms with Gasteiger partial charge < -0.3 is 16.3 Å². The zero-order valence-electron chi connectivity index (χ0n) is 9.37. The zero-order valence-corrected chi connectivity index (χ0v) is 9.37. The van der Waals surface area contributed by atoms with Crippen molar-refractivity contribution in [3.8, 4) is 0 Å². The number of benzene rings is 1. The van der Waals surface area contributed by atoms with Crippen LogP contribution in [0.1, 0.15) is 10.4 Å². The van der Waals surface area contributed by atoms with E-state index < -0.39 is 0 Å². The van der Waals surface area contributed by atoms with Gasteiger partial charge in [-0.2, -0.15) is 0 Å². The van der Waals surface area contributed by atoms with Gasteiger partial charge in [-0.15, -0.1) is 0 Å². The third-order valence-electron chi connectivity index (χ3n) is 2.29. The summed E-state index contributed by atoms with van der Waals surface area (Å²) in [5.41, 5.74) is 7.04. The van der Waals surface area contributed by atoms with E-state index in [1.54, 1.807) is 30.6 Å². The number of rotatable bonds is 3. The Hall–Kier alpha value is -2.70. The van der Waals surface area contributed by atoms with Gasteiger partial charge in [-0.25, -0.2) is 0 Å². The van der Waals surface area contributed by atoms with Gasteiger partial charge in [0.15, 0.2) is 5.84 Å². The van der Waals surface area contributed by atoms with Gasteiger partial charge in [-0.05, 0) is 18.2 Å². The molecule has 92 valence electrons. The first-order chi connectivity index (χ1) is 8.70. The molecule has 1 heterocycles. The lowest BCUT2D eigenvalue weighted by molar-refractivity contribution is 0.0959. The van der Waals surface area contributed by atoms with Crippen LogP contribution in [0.4, 0.5) is 0 Å². The van der Waals surface area contributed by atoms with Gasteiger partial charge >= 0.3 is 0 Å². The highest BCUT2D eigenvalue weighted by atomic mass is 16.4. The highest BCUT2D eigenvalue weighted by Crippen LogP contribution is 2.10. The second-order valence-electron chi connectivity index (χ2n) is 3.53. The Bertz CT molecular complexity index is 611. The standard InChI is InChI=1S/C11H11N5O2/c12-10(16-18)6-15-11(17)7-1-2-8-9(5-7)14-4-3-13-8/h1-5,18H,6H2,(H2,12,16)(H,15,17). The predicted octanol–water partition coefficient (Wildman–Crippen LogP) is 0.106. The van der Waals surface area contributed by atoms with Gasteiger partial charge in [-0.1, -0.05) is 5.16 Å². The lowest BCUT2D eigenvalue weighted by Gasteiger charge is -2.04. The summed E-state index contributed by atoms with van der Waals surface area (Å²) >= 11 is 0. The number of hydrogen-bond donors (Lipinski definition) is 3. The lowest BCUT2D eigenvalue weighted by atomic mass is 10.2. The highest BCUT2D eigenvalue weighted by molar-refractivity contribution is 5.99. The Labute approximate surface area is 102 Å². The summed E-state index contributed by atoms with van der Waals surface area (Å²) in [5.74, 6) is -0.391. The van der Waals surface area contributed by atoms with E-state index in [1.807, 2.05) is 0 Å². The number of amides is 1. The number of hydrogen-bond acceptors (Lipinski definition) is 5. The van der Waals surface area contributed by atoms with Crippen molar-refractivity contribution in [2.24, 2.45) is 10.9 Å². The summed E-state index contributed by atoms with van der Waals surface area (Å²) in [6, 6.07) is 4.98. The van der Waals surface area contributed by atoms with E-state index in [1.165, 1.54) is 0 Å². The number of amidine groups is 1. The largest absolute Gasteiger partial charge is 0.409 e. The van der Waals surface area contributed by atoms with Gasteiger partial charge in [0.25, 0.3) is 5.91 Å². The van der Waals surface area contributed by atoms with Crippen molar-refractivity contribution in [3.05, 3.63) is 36.2 Å². The molecular formula is C11H11N5O2. The summed E-state index contributed by atoms with van der Waals surface area (Å²) in [4.78, 5) is 20.0. The van der Waals surface area contributed by atoms with E-state index in [4.69, 9.17) is 10.9 Å². The molecule has 1 aromatic carbocycles. The first-order valence-electron chi connectivity index (χ1n) is 5.16. The van der Waals surface area contributed by atoms with E-state index in [-0.39, 0.29) is 18.3 Å². The van der Waals surface area contributed by atoms with Crippen molar-refractivity contribution in [2.75, 3.05) is 6.54 Å². The number of nitrogens with zero attached hydrogens (tertiary/aromatic N) is 3. The van der Waals surface area contributed by atoms with Gasteiger partial charge in [0.2, 0.25) is 0 Å². The predicted molar refractivity (Wildman–Crippen MR) is 65.3 cm³/mol. The van der Waals surface area contributed by atoms with Gasteiger partial charge in [0, 0.05) is 18.0 Å². The van der Waals surface area contributed by atoms with Gasteiger partial charge in [0.05, 0.1) is 17.6 Å². The minimum absolute atomic E-state index is 0.0200. The first-order valence-corrected chi connectivity index (χ1v) is 5.16. The summed E-state index contributed by atoms with van der Waals surface area (Å²) in [5, 5.41) is 13.6. The van der Waals surface area contributed by atoms with Crippen LogP contribution in [-0.4, -0.2) is 33.5 Å². The SMILES string of the molecule is NC(CNC(=O)c1ccc2nccnc2c1)=NO. The van der Waals surface area contributed by atoms with E-state index in [0.29, 0.717) is 16.6 Å². The maximum atomic E-state index is 11.8. The van der Waals surface area contributed by atoms with Crippen LogP contribution in [0, 0.1) is 0 Å². The van der Waals surface area contributed by atoms with Crippen molar-refractivity contribution >= 4 is 22.8 Å². The molecule has 0 fully saturated rings. The quantitative estimate of drug-likeness (QED) is 0.307. The number of carbonyl (C=O) groups excluding carboxylic acids is 1. The van der Waals surface area contributed by atoms with E-state index in [0.717, 1.165) is 0 Å². The molecule has 0 atom stereocenters. The highest BCUT2D eigenvalue weighted by Gasteiger charge is 2.07. The molecule has 0 aliphatic heterocycles. The van der Waals surface area contributed by atoms with Crippen LogP contribution < -0.4 is 11.1 Å². The second-order valence-corrected chi connectivity index (χ2v) is 3.53. The van der Waals surface area contributed by atoms with E-state index in [9.17, 15) is 4.79 Å². The summed E-state index contributed by atoms with van der Waals surface area (Å²) in [6.45, 7) is -0.0200. The molecule has 0 radical (unpaired) electrons. The Balaban J connectivity index is 2.18. The first kappa shape index (κ1) is 11.8. The smallest absolute Gasteiger partial charge is 0.251 e. The number of aromatic nitrogens is 2. The molecule has 0 unspecified atom stereocenters. The van der Waals surface area contributed by atoms with Crippen molar-refractivity contribution < 1.29 is 10.0 Å². The Kier molecular flexibility index (Phi) is 3.33. The van der Waals surface area contributed by atoms with Crippen molar-refractivity contribution in [1.29, 1.82) is 0 Å². The van der Waals surface area contributed by atoms with Crippen LogP contribution in [0.3, 0.4) is 0 Å². The molecule has 2 rings (SSSR count). The monoisotopic (exact) mass is 245 g/mol. The van der Waals surface area contributed by atoms with Crippen LogP contribution in [0.25, 0.3) is 11.0 Å². The molecule has 4 N–H and O–H groups in total. The molecular weight excluding hydrogens is 234 g/mol. The Morgan fingerprint density at radius 3 is 2.78 bits per heavy atom. The maximum Gasteiger partial charge on any atom is 0.251 e. The molecule has 0 saturated heterocycles. The summed E-state index contributed by atoms with van der Waals surface area (Å²) in [6.07, 6.45) is 3.14. The van der Waals surface area contributed by atoms with Crippen LogP contribution in [-0.2, 0) is 0 Å². The molecule has 0 aliphatic carbocycles. The maximum absolute atomic E-state index is 11.8. The van der Waals surface area contributed by atoms with Crippen LogP contribution >= 0.6 is 0 Å². The Morgan fingerprint density at radius 1 is 1.33 bits per heavy atom. The molecule has 1 amide bonds. The fraction of sp³-hybridized carbons (Fsp3) is 0.0909. The number of carbonyl (C=O) groups is 1. The van der Waals surface area contributed by atoms with Crippen LogP contribution in [0.15, 0.2) is 35.7 Å². The molecule has 0 saturated carbocycles. The summed E-state index contributed by atoms with van der Waals surface area (Å²) < 4.78 is 0. The summed E-state index contributed by atoms with van der Waals surface area (Å²) in [7, 11) is 0. The molecule has 0 spiro atoms. The number of oxime groups is 1. The van der Waals surface area contributed by atoms with Crippen molar-refractivity contribution in [2.45, 2.75) is 0 Å². The van der Waals surface area contributed by atoms with Crippen LogP contribution in [0.5, 0.6) is 0 Å².